The van der Waals surface area contributed by atoms with Crippen molar-refractivity contribution in [2.24, 2.45) is 5.73 Å². The van der Waals surface area contributed by atoms with Gasteiger partial charge in [-0.25, -0.2) is 0 Å². The van der Waals surface area contributed by atoms with Gasteiger partial charge < -0.3 is 5.73 Å². The van der Waals surface area contributed by atoms with Crippen molar-refractivity contribution in [1.29, 1.82) is 0 Å². The summed E-state index contributed by atoms with van der Waals surface area (Å²) < 4.78 is 0. The molecule has 1 aliphatic rings. The number of nitrogens with two attached hydrogens (primary N) is 1. The summed E-state index contributed by atoms with van der Waals surface area (Å²) in [6.07, 6.45) is 6.50. The Labute approximate surface area is 170 Å². The van der Waals surface area contributed by atoms with Gasteiger partial charge in [-0.15, -0.1) is 0 Å². The van der Waals surface area contributed by atoms with E-state index >= 15 is 0 Å². The highest BCUT2D eigenvalue weighted by Crippen LogP contribution is 2.33. The van der Waals surface area contributed by atoms with E-state index in [0.29, 0.717) is 11.5 Å². The van der Waals surface area contributed by atoms with Crippen molar-refractivity contribution < 1.29 is 9.59 Å². The Morgan fingerprint density at radius 1 is 0.893 bits per heavy atom. The largest absolute Gasteiger partial charge is 0.369 e. The zero-order valence-electron chi connectivity index (χ0n) is 15.7. The molecule has 2 amide bonds. The molecule has 1 saturated carbocycles. The summed E-state index contributed by atoms with van der Waals surface area (Å²) in [5.74, 6) is -0.182. The predicted octanol–water partition coefficient (Wildman–Crippen LogP) is 3.84. The Morgan fingerprint density at radius 2 is 1.46 bits per heavy atom. The molecule has 1 fully saturated rings. The number of hydrogen-bond acceptors (Lipinski definition) is 3. The molecule has 0 atom stereocenters. The molecule has 0 bridgehead atoms. The van der Waals surface area contributed by atoms with Gasteiger partial charge in [0.1, 0.15) is 4.99 Å². The predicted molar refractivity (Wildman–Crippen MR) is 115 cm³/mol. The number of nitrogens with one attached hydrogen (secondary N) is 2. The van der Waals surface area contributed by atoms with E-state index in [-0.39, 0.29) is 17.3 Å². The zero-order valence-corrected chi connectivity index (χ0v) is 16.6. The molecule has 6 heteroatoms. The van der Waals surface area contributed by atoms with Crippen LogP contribution in [-0.2, 0) is 4.79 Å². The second kappa shape index (κ2) is 9.46. The number of primary amides is 1. The quantitative estimate of drug-likeness (QED) is 0.530. The fourth-order valence-corrected chi connectivity index (χ4v) is 3.79. The molecule has 28 heavy (non-hydrogen) atoms. The SMILES string of the molecule is NC(=O)CC(=S)NNC(=O)c1ccc(-c2ccc(C3CCCCC3)cc2)cc1. The summed E-state index contributed by atoms with van der Waals surface area (Å²) in [6.45, 7) is 0. The standard InChI is InChI=1S/C22H25N3O2S/c23-20(26)14-21(28)24-25-22(27)19-12-10-18(11-13-19)17-8-6-16(7-9-17)15-4-2-1-3-5-15/h6-13,15H,1-5,14H2,(H2,23,26)(H,24,28)(H,25,27). The smallest absolute Gasteiger partial charge is 0.269 e. The third kappa shape index (κ3) is 5.39. The lowest BCUT2D eigenvalue weighted by Gasteiger charge is -2.22. The van der Waals surface area contributed by atoms with Crippen LogP contribution in [0.15, 0.2) is 48.5 Å². The van der Waals surface area contributed by atoms with Crippen LogP contribution in [0.3, 0.4) is 0 Å². The topological polar surface area (TPSA) is 84.2 Å². The number of carbonyl (C=O) groups excluding carboxylic acids is 2. The van der Waals surface area contributed by atoms with Crippen LogP contribution in [0.5, 0.6) is 0 Å². The Hall–Kier alpha value is -2.73. The number of hydrazine groups is 1. The molecule has 0 unspecified atom stereocenters. The minimum atomic E-state index is -0.550. The first kappa shape index (κ1) is 20.0. The summed E-state index contributed by atoms with van der Waals surface area (Å²) in [5, 5.41) is 0. The van der Waals surface area contributed by atoms with Gasteiger partial charge in [0.2, 0.25) is 5.91 Å². The molecule has 0 radical (unpaired) electrons. The van der Waals surface area contributed by atoms with Gasteiger partial charge in [0.25, 0.3) is 5.91 Å². The summed E-state index contributed by atoms with van der Waals surface area (Å²) in [7, 11) is 0. The Kier molecular flexibility index (Phi) is 6.76. The van der Waals surface area contributed by atoms with Crippen molar-refractivity contribution in [3.8, 4) is 11.1 Å². The first-order valence-electron chi connectivity index (χ1n) is 9.61. The maximum Gasteiger partial charge on any atom is 0.269 e. The van der Waals surface area contributed by atoms with E-state index in [1.807, 2.05) is 12.1 Å². The molecule has 4 N–H and O–H groups in total. The number of carbonyl (C=O) groups is 2. The van der Waals surface area contributed by atoms with Gasteiger partial charge in [0.05, 0.1) is 6.42 Å². The van der Waals surface area contributed by atoms with E-state index in [1.54, 1.807) is 12.1 Å². The van der Waals surface area contributed by atoms with E-state index < -0.39 is 5.91 Å². The molecule has 0 saturated heterocycles. The summed E-state index contributed by atoms with van der Waals surface area (Å²) in [5.41, 5.74) is 14.2. The second-order valence-electron chi connectivity index (χ2n) is 7.18. The molecular weight excluding hydrogens is 370 g/mol. The molecule has 146 valence electrons. The number of thiocarbonyl (C=S) groups is 1. The molecule has 0 aromatic heterocycles. The van der Waals surface area contributed by atoms with Crippen molar-refractivity contribution in [2.75, 3.05) is 0 Å². The number of rotatable bonds is 5. The molecule has 2 aromatic carbocycles. The molecule has 0 heterocycles. The lowest BCUT2D eigenvalue weighted by molar-refractivity contribution is -0.116. The van der Waals surface area contributed by atoms with Crippen LogP contribution in [0.4, 0.5) is 0 Å². The molecule has 0 aliphatic heterocycles. The van der Waals surface area contributed by atoms with E-state index in [4.69, 9.17) is 18.0 Å². The van der Waals surface area contributed by atoms with Crippen LogP contribution in [0, 0.1) is 0 Å². The van der Waals surface area contributed by atoms with Crippen LogP contribution in [-0.4, -0.2) is 16.8 Å². The third-order valence-electron chi connectivity index (χ3n) is 5.12. The van der Waals surface area contributed by atoms with Gasteiger partial charge >= 0.3 is 0 Å². The lowest BCUT2D eigenvalue weighted by Crippen LogP contribution is -2.42. The van der Waals surface area contributed by atoms with Gasteiger partial charge in [-0.3, -0.25) is 20.4 Å². The first-order chi connectivity index (χ1) is 13.5. The summed E-state index contributed by atoms with van der Waals surface area (Å²) in [4.78, 5) is 23.1. The lowest BCUT2D eigenvalue weighted by atomic mass is 9.84. The fourth-order valence-electron chi connectivity index (χ4n) is 3.60. The normalized spacial score (nSPS) is 14.3. The van der Waals surface area contributed by atoms with E-state index in [0.717, 1.165) is 11.1 Å². The molecule has 5 nitrogen and oxygen atoms in total. The zero-order chi connectivity index (χ0) is 19.9. The van der Waals surface area contributed by atoms with Crippen molar-refractivity contribution in [3.05, 3.63) is 59.7 Å². The minimum Gasteiger partial charge on any atom is -0.369 e. The van der Waals surface area contributed by atoms with Crippen LogP contribution in [0.2, 0.25) is 0 Å². The van der Waals surface area contributed by atoms with Gasteiger partial charge in [0, 0.05) is 5.56 Å². The minimum absolute atomic E-state index is 0.106. The third-order valence-corrected chi connectivity index (χ3v) is 5.36. The Morgan fingerprint density at radius 3 is 2.04 bits per heavy atom. The van der Waals surface area contributed by atoms with Crippen LogP contribution < -0.4 is 16.6 Å². The molecule has 3 rings (SSSR count). The van der Waals surface area contributed by atoms with Gasteiger partial charge in [-0.2, -0.15) is 0 Å². The van der Waals surface area contributed by atoms with Crippen molar-refractivity contribution >= 4 is 29.0 Å². The Balaban J connectivity index is 1.59. The summed E-state index contributed by atoms with van der Waals surface area (Å²) >= 11 is 4.91. The van der Waals surface area contributed by atoms with Crippen molar-refractivity contribution in [1.82, 2.24) is 10.9 Å². The number of benzene rings is 2. The average Bonchev–Trinajstić information content (AvgIpc) is 2.72. The summed E-state index contributed by atoms with van der Waals surface area (Å²) in [6, 6.07) is 16.1. The molecule has 1 aliphatic carbocycles. The maximum atomic E-state index is 12.2. The van der Waals surface area contributed by atoms with Crippen molar-refractivity contribution in [2.45, 2.75) is 44.4 Å². The Bertz CT molecular complexity index is 841. The molecule has 2 aromatic rings. The average molecular weight is 396 g/mol. The molecular formula is C22H25N3O2S. The van der Waals surface area contributed by atoms with Gasteiger partial charge in [0.15, 0.2) is 0 Å². The number of amides is 2. The van der Waals surface area contributed by atoms with Crippen LogP contribution in [0.25, 0.3) is 11.1 Å². The fraction of sp³-hybridized carbons (Fsp3) is 0.318. The van der Waals surface area contributed by atoms with Gasteiger partial charge in [-0.05, 0) is 47.6 Å². The van der Waals surface area contributed by atoms with Gasteiger partial charge in [-0.1, -0.05) is 67.9 Å². The highest BCUT2D eigenvalue weighted by molar-refractivity contribution is 7.80. The monoisotopic (exact) mass is 395 g/mol. The highest BCUT2D eigenvalue weighted by atomic mass is 32.1. The first-order valence-corrected chi connectivity index (χ1v) is 10.0. The molecule has 0 spiro atoms. The van der Waals surface area contributed by atoms with Crippen LogP contribution >= 0.6 is 12.2 Å². The maximum absolute atomic E-state index is 12.2. The highest BCUT2D eigenvalue weighted by Gasteiger charge is 2.15. The van der Waals surface area contributed by atoms with Crippen LogP contribution in [0.1, 0.15) is 60.4 Å². The van der Waals surface area contributed by atoms with Crippen molar-refractivity contribution in [3.63, 3.8) is 0 Å². The number of hydrogen-bond donors (Lipinski definition) is 3. The van der Waals surface area contributed by atoms with E-state index in [9.17, 15) is 9.59 Å². The van der Waals surface area contributed by atoms with E-state index in [1.165, 1.54) is 37.7 Å². The second-order valence-corrected chi connectivity index (χ2v) is 7.67. The van der Waals surface area contributed by atoms with E-state index in [2.05, 4.69) is 35.1 Å².